The summed E-state index contributed by atoms with van der Waals surface area (Å²) in [5.74, 6) is -0.833. The van der Waals surface area contributed by atoms with Crippen molar-refractivity contribution in [2.75, 3.05) is 13.2 Å². The van der Waals surface area contributed by atoms with E-state index in [0.717, 1.165) is 57.6 Å². The molecule has 1 saturated heterocycles. The Morgan fingerprint density at radius 1 is 1.04 bits per heavy atom. The Morgan fingerprint density at radius 3 is 1.75 bits per heavy atom. The molecule has 0 spiro atoms. The van der Waals surface area contributed by atoms with E-state index in [-0.39, 0.29) is 6.61 Å². The smallest absolute Gasteiger partial charge is 0.300 e. The van der Waals surface area contributed by atoms with Crippen molar-refractivity contribution in [3.8, 4) is 0 Å². The van der Waals surface area contributed by atoms with Gasteiger partial charge >= 0.3 is 0 Å². The Morgan fingerprint density at radius 2 is 1.50 bits per heavy atom. The summed E-state index contributed by atoms with van der Waals surface area (Å²) in [5, 5.41) is 24.5. The SMILES string of the molecule is C=CCCC=C(C)CC.C=CCCC=C(C)CO.CC(=O)O.OC1CCCO1. The summed E-state index contributed by atoms with van der Waals surface area (Å²) in [4.78, 5) is 9.00. The van der Waals surface area contributed by atoms with Gasteiger partial charge in [-0.1, -0.05) is 42.4 Å². The van der Waals surface area contributed by atoms with Crippen LogP contribution in [0.15, 0.2) is 48.6 Å². The van der Waals surface area contributed by atoms with Crippen molar-refractivity contribution in [1.29, 1.82) is 0 Å². The van der Waals surface area contributed by atoms with Crippen LogP contribution >= 0.6 is 0 Å². The second kappa shape index (κ2) is 25.3. The number of rotatable bonds is 8. The predicted molar refractivity (Wildman–Crippen MR) is 118 cm³/mol. The average molecular weight is 399 g/mol. The molecule has 1 unspecified atom stereocenters. The first-order chi connectivity index (χ1) is 13.2. The van der Waals surface area contributed by atoms with Crippen molar-refractivity contribution in [3.63, 3.8) is 0 Å². The molecule has 1 rings (SSSR count). The lowest BCUT2D eigenvalue weighted by atomic mass is 10.2. The summed E-state index contributed by atoms with van der Waals surface area (Å²) < 4.78 is 4.71. The second-order valence-corrected chi connectivity index (χ2v) is 6.33. The quantitative estimate of drug-likeness (QED) is 0.376. The Labute approximate surface area is 172 Å². The van der Waals surface area contributed by atoms with Crippen LogP contribution in [-0.2, 0) is 9.53 Å². The third kappa shape index (κ3) is 35.4. The van der Waals surface area contributed by atoms with Crippen LogP contribution in [0.1, 0.15) is 72.6 Å². The highest BCUT2D eigenvalue weighted by atomic mass is 16.6. The molecule has 0 amide bonds. The second-order valence-electron chi connectivity index (χ2n) is 6.33. The van der Waals surface area contributed by atoms with Crippen LogP contribution in [0.5, 0.6) is 0 Å². The first kappa shape index (κ1) is 31.0. The summed E-state index contributed by atoms with van der Waals surface area (Å²) in [5.41, 5.74) is 2.52. The van der Waals surface area contributed by atoms with E-state index in [0.29, 0.717) is 0 Å². The van der Waals surface area contributed by atoms with E-state index >= 15 is 0 Å². The average Bonchev–Trinajstić information content (AvgIpc) is 3.13. The molecule has 5 nitrogen and oxygen atoms in total. The minimum atomic E-state index is -0.833. The van der Waals surface area contributed by atoms with E-state index in [1.165, 1.54) is 12.0 Å². The molecule has 1 aliphatic rings. The topological polar surface area (TPSA) is 87.0 Å². The van der Waals surface area contributed by atoms with E-state index in [2.05, 4.69) is 33.1 Å². The molecule has 28 heavy (non-hydrogen) atoms. The van der Waals surface area contributed by atoms with E-state index < -0.39 is 12.3 Å². The number of aliphatic hydroxyl groups excluding tert-OH is 2. The van der Waals surface area contributed by atoms with Gasteiger partial charge in [-0.3, -0.25) is 4.79 Å². The zero-order chi connectivity index (χ0) is 22.2. The number of aliphatic carboxylic acids is 1. The number of unbranched alkanes of at least 4 members (excludes halogenated alkanes) is 2. The summed E-state index contributed by atoms with van der Waals surface area (Å²) in [6.45, 7) is 15.5. The molecule has 0 bridgehead atoms. The number of carbonyl (C=O) groups is 1. The first-order valence-electron chi connectivity index (χ1n) is 9.88. The minimum absolute atomic E-state index is 0.178. The van der Waals surface area contributed by atoms with Gasteiger partial charge in [0, 0.05) is 20.0 Å². The monoisotopic (exact) mass is 398 g/mol. The summed E-state index contributed by atoms with van der Waals surface area (Å²) in [7, 11) is 0. The Bertz CT molecular complexity index is 400. The van der Waals surface area contributed by atoms with E-state index in [4.69, 9.17) is 24.9 Å². The molecular formula is C23H42O5. The van der Waals surface area contributed by atoms with Gasteiger partial charge in [0.2, 0.25) is 0 Å². The molecule has 1 heterocycles. The highest BCUT2D eigenvalue weighted by molar-refractivity contribution is 5.62. The molecule has 0 saturated carbocycles. The fraction of sp³-hybridized carbons (Fsp3) is 0.609. The molecule has 0 radical (unpaired) electrons. The number of carboxylic acids is 1. The van der Waals surface area contributed by atoms with Crippen LogP contribution in [0.4, 0.5) is 0 Å². The third-order valence-electron chi connectivity index (χ3n) is 3.44. The van der Waals surface area contributed by atoms with Crippen molar-refractivity contribution in [3.05, 3.63) is 48.6 Å². The number of allylic oxidation sites excluding steroid dienone is 5. The van der Waals surface area contributed by atoms with Gasteiger partial charge in [-0.05, 0) is 52.4 Å². The van der Waals surface area contributed by atoms with Crippen molar-refractivity contribution in [2.45, 2.75) is 78.9 Å². The molecule has 0 aliphatic carbocycles. The van der Waals surface area contributed by atoms with Crippen LogP contribution in [0.2, 0.25) is 0 Å². The van der Waals surface area contributed by atoms with Crippen molar-refractivity contribution < 1.29 is 24.9 Å². The van der Waals surface area contributed by atoms with Gasteiger partial charge in [0.25, 0.3) is 5.97 Å². The van der Waals surface area contributed by atoms with E-state index in [9.17, 15) is 0 Å². The van der Waals surface area contributed by atoms with Crippen LogP contribution in [0.3, 0.4) is 0 Å². The Balaban J connectivity index is -0.000000310. The zero-order valence-corrected chi connectivity index (χ0v) is 18.3. The Hall–Kier alpha value is -1.69. The summed E-state index contributed by atoms with van der Waals surface area (Å²) >= 11 is 0. The van der Waals surface area contributed by atoms with Gasteiger partial charge in [0.15, 0.2) is 6.29 Å². The van der Waals surface area contributed by atoms with Crippen LogP contribution in [0.25, 0.3) is 0 Å². The Kier molecular flexibility index (Phi) is 28.0. The molecule has 164 valence electrons. The first-order valence-corrected chi connectivity index (χ1v) is 9.88. The molecule has 3 N–H and O–H groups in total. The van der Waals surface area contributed by atoms with Crippen LogP contribution in [0, 0.1) is 0 Å². The largest absolute Gasteiger partial charge is 0.481 e. The van der Waals surface area contributed by atoms with Crippen LogP contribution < -0.4 is 0 Å². The molecular weight excluding hydrogens is 356 g/mol. The van der Waals surface area contributed by atoms with Gasteiger partial charge in [-0.25, -0.2) is 0 Å². The normalized spacial score (nSPS) is 15.7. The van der Waals surface area contributed by atoms with Gasteiger partial charge in [-0.15, -0.1) is 13.2 Å². The standard InChI is InChI=1S/C9H16.C8H14O.C4H8O2.C2H4O2/c1-4-6-7-8-9(3)5-2;1-3-4-5-6-8(2)7-9;5-4-2-1-3-6-4;1-2(3)4/h4,8H,1,5-7H2,2-3H3;3,6,9H,1,4-5,7H2,2H3;4-5H,1-3H2;1H3,(H,3,4). The fourth-order valence-corrected chi connectivity index (χ4v) is 1.66. The van der Waals surface area contributed by atoms with Crippen molar-refractivity contribution in [2.24, 2.45) is 0 Å². The van der Waals surface area contributed by atoms with E-state index in [1.807, 2.05) is 25.2 Å². The highest BCUT2D eigenvalue weighted by Crippen LogP contribution is 2.07. The minimum Gasteiger partial charge on any atom is -0.481 e. The number of hydrogen-bond donors (Lipinski definition) is 3. The molecule has 0 aromatic carbocycles. The highest BCUT2D eigenvalue weighted by Gasteiger charge is 2.09. The van der Waals surface area contributed by atoms with Gasteiger partial charge in [0.05, 0.1) is 6.61 Å². The van der Waals surface area contributed by atoms with Gasteiger partial charge < -0.3 is 20.1 Å². The predicted octanol–water partition coefficient (Wildman–Crippen LogP) is 5.41. The number of aliphatic hydroxyl groups is 2. The zero-order valence-electron chi connectivity index (χ0n) is 18.3. The van der Waals surface area contributed by atoms with Crippen LogP contribution in [-0.4, -0.2) is 40.8 Å². The summed E-state index contributed by atoms with van der Waals surface area (Å²) in [6, 6.07) is 0. The third-order valence-corrected chi connectivity index (χ3v) is 3.44. The lowest BCUT2D eigenvalue weighted by Gasteiger charge is -1.93. The molecule has 5 heteroatoms. The van der Waals surface area contributed by atoms with Gasteiger partial charge in [-0.2, -0.15) is 0 Å². The van der Waals surface area contributed by atoms with E-state index in [1.54, 1.807) is 0 Å². The van der Waals surface area contributed by atoms with Crippen molar-refractivity contribution >= 4 is 5.97 Å². The maximum absolute atomic E-state index is 9.00. The fourth-order valence-electron chi connectivity index (χ4n) is 1.66. The maximum atomic E-state index is 9.00. The number of ether oxygens (including phenoxy) is 1. The molecule has 1 aliphatic heterocycles. The lowest BCUT2D eigenvalue weighted by Crippen LogP contribution is -1.99. The summed E-state index contributed by atoms with van der Waals surface area (Å²) in [6.07, 6.45) is 15.0. The number of carboxylic acid groups (broad SMARTS) is 1. The number of hydrogen-bond acceptors (Lipinski definition) is 4. The molecule has 1 atom stereocenters. The molecule has 0 aromatic rings. The molecule has 0 aromatic heterocycles. The van der Waals surface area contributed by atoms with Gasteiger partial charge in [0.1, 0.15) is 0 Å². The van der Waals surface area contributed by atoms with Crippen molar-refractivity contribution in [1.82, 2.24) is 0 Å². The lowest BCUT2D eigenvalue weighted by molar-refractivity contribution is -0.134. The molecule has 1 fully saturated rings. The maximum Gasteiger partial charge on any atom is 0.300 e.